The molecule has 5 N–H and O–H groups in total. The summed E-state index contributed by atoms with van der Waals surface area (Å²) in [6, 6.07) is 9.80. The van der Waals surface area contributed by atoms with Gasteiger partial charge in [0.05, 0.1) is 36.4 Å². The summed E-state index contributed by atoms with van der Waals surface area (Å²) < 4.78 is 42.2. The predicted octanol–water partition coefficient (Wildman–Crippen LogP) is 12.7. The molecule has 5 fully saturated rings. The number of carbonyl (C=O) groups is 5. The first-order chi connectivity index (χ1) is 43.3. The molecule has 4 amide bonds. The second kappa shape index (κ2) is 32.8. The number of ether oxygens (including phenoxy) is 4. The van der Waals surface area contributed by atoms with Gasteiger partial charge in [-0.3, -0.25) is 29.0 Å². The lowest BCUT2D eigenvalue weighted by molar-refractivity contribution is -0.344. The van der Waals surface area contributed by atoms with Crippen LogP contribution in [-0.2, 0) is 58.2 Å². The van der Waals surface area contributed by atoms with Gasteiger partial charge in [0.2, 0.25) is 17.7 Å². The summed E-state index contributed by atoms with van der Waals surface area (Å²) in [5.41, 5.74) is 3.78. The van der Waals surface area contributed by atoms with Crippen molar-refractivity contribution in [3.8, 4) is 5.75 Å². The zero-order valence-electron chi connectivity index (χ0n) is 58.3. The summed E-state index contributed by atoms with van der Waals surface area (Å²) in [5.74, 6) is -3.42. The Labute approximate surface area is 548 Å². The van der Waals surface area contributed by atoms with Crippen molar-refractivity contribution < 1.29 is 56.9 Å². The smallest absolute Gasteiger partial charge is 0.325 e. The average molecular weight is 1300 g/mol. The van der Waals surface area contributed by atoms with Crippen LogP contribution >= 0.6 is 0 Å². The van der Waals surface area contributed by atoms with E-state index in [0.29, 0.717) is 44.1 Å². The van der Waals surface area contributed by atoms with Crippen molar-refractivity contribution in [3.05, 3.63) is 77.9 Å². The molecule has 5 bridgehead atoms. The number of carbonyl (C=O) groups excluding carboxylic acids is 5. The molecule has 7 rings (SSSR count). The highest BCUT2D eigenvalue weighted by molar-refractivity contribution is 6.74. The van der Waals surface area contributed by atoms with Crippen molar-refractivity contribution >= 4 is 46.2 Å². The molecular weight excluding hydrogens is 1180 g/mol. The van der Waals surface area contributed by atoms with Gasteiger partial charge < -0.3 is 48.9 Å². The second-order valence-electron chi connectivity index (χ2n) is 28.4. The van der Waals surface area contributed by atoms with Gasteiger partial charge in [-0.1, -0.05) is 152 Å². The number of nitrogens with zero attached hydrogens (tertiary/aromatic N) is 1. The Morgan fingerprint density at radius 1 is 0.857 bits per heavy atom. The Hall–Kier alpha value is -4.48. The van der Waals surface area contributed by atoms with Gasteiger partial charge in [0, 0.05) is 55.4 Å². The number of phenols is 1. The number of phenolic OH excluding ortho intramolecular Hbond substituents is 1. The summed E-state index contributed by atoms with van der Waals surface area (Å²) >= 11 is 0. The molecule has 0 aliphatic carbocycles. The fraction of sp³-hybridized carbons (Fsp3) is 0.736. The molecule has 18 atom stereocenters. The van der Waals surface area contributed by atoms with Gasteiger partial charge in [-0.15, -0.1) is 0 Å². The van der Waals surface area contributed by atoms with E-state index in [1.165, 1.54) is 5.01 Å². The first kappa shape index (κ1) is 73.9. The van der Waals surface area contributed by atoms with E-state index >= 15 is 0 Å². The average Bonchev–Trinajstić information content (AvgIpc) is 0.933. The standard InChI is InChI=1S/C72H117N5O12Si2/c1-17-54-42-49(12)72(75-66(54)79)52(15)64(89-91(21-5,22-6)23-7)51(14)62(86-72)45-61(88-90(18-2,19-3)20-4)48(11)33-27-24-26-32-47(10)59-37-28-25-29-38-60-50(13)65-56(39-40-71(16,85-60)87-65)67(80)74-63(46(8)9)68(81)73-58(44-53-34-30-35-55(78)43-53)69(82)77-41-31-36-57(76-77)70(83)84-59/h24-26,28-30,32,34-35,38,43,46,48-52,54,56-65,76,78H,17-23,27,31,33,36-37,39-42,44-45H2,1-16H3,(H,73,81)(H,74,80)(H,75,79)/b26-24+,28-25+,38-29+,47-32+/t48-,49-,50-,51-,52-,54-,56+,57-,58-,59-,60-,61-,62-,63-,64-,65+,71+,72+/m0/s1. The third-order valence-corrected chi connectivity index (χ3v) is 31.6. The quantitative estimate of drug-likeness (QED) is 0.0416. The van der Waals surface area contributed by atoms with E-state index in [1.807, 2.05) is 65.0 Å². The second-order valence-corrected chi connectivity index (χ2v) is 37.9. The van der Waals surface area contributed by atoms with Crippen LogP contribution in [0.15, 0.2) is 72.4 Å². The maximum absolute atomic E-state index is 14.8. The normalized spacial score (nSPS) is 34.8. The molecule has 1 aromatic rings. The molecule has 91 heavy (non-hydrogen) atoms. The van der Waals surface area contributed by atoms with Crippen LogP contribution < -0.4 is 21.4 Å². The third-order valence-electron chi connectivity index (χ3n) is 22.3. The number of aromatic hydroxyl groups is 1. The third kappa shape index (κ3) is 17.7. The van der Waals surface area contributed by atoms with Crippen molar-refractivity contribution in [3.63, 3.8) is 0 Å². The number of allylic oxidation sites excluding steroid dienone is 5. The van der Waals surface area contributed by atoms with Crippen molar-refractivity contribution in [2.24, 2.45) is 47.3 Å². The van der Waals surface area contributed by atoms with Crippen LogP contribution in [0.2, 0.25) is 36.3 Å². The van der Waals surface area contributed by atoms with E-state index < -0.39 is 82.2 Å². The summed E-state index contributed by atoms with van der Waals surface area (Å²) in [6.07, 6.45) is 18.5. The molecule has 17 nitrogen and oxygen atoms in total. The lowest BCUT2D eigenvalue weighted by Gasteiger charge is -2.58. The molecule has 5 saturated heterocycles. The number of hydrogen-bond donors (Lipinski definition) is 5. The highest BCUT2D eigenvalue weighted by Gasteiger charge is 2.59. The van der Waals surface area contributed by atoms with Crippen LogP contribution in [0.4, 0.5) is 0 Å². The number of esters is 1. The maximum Gasteiger partial charge on any atom is 0.325 e. The van der Waals surface area contributed by atoms with Crippen LogP contribution in [0, 0.1) is 47.3 Å². The van der Waals surface area contributed by atoms with Crippen molar-refractivity contribution in [2.45, 2.75) is 284 Å². The minimum absolute atomic E-state index is 0.0168. The predicted molar refractivity (Wildman–Crippen MR) is 363 cm³/mol. The number of piperidine rings is 1. The molecule has 6 aliphatic heterocycles. The molecule has 0 unspecified atom stereocenters. The van der Waals surface area contributed by atoms with Gasteiger partial charge >= 0.3 is 5.97 Å². The fourth-order valence-corrected chi connectivity index (χ4v) is 21.3. The number of amides is 4. The largest absolute Gasteiger partial charge is 0.508 e. The van der Waals surface area contributed by atoms with E-state index in [1.54, 1.807) is 24.3 Å². The summed E-state index contributed by atoms with van der Waals surface area (Å²) in [7, 11) is -4.19. The van der Waals surface area contributed by atoms with Gasteiger partial charge in [-0.2, -0.15) is 0 Å². The molecule has 1 spiro atoms. The van der Waals surface area contributed by atoms with Crippen LogP contribution in [0.1, 0.15) is 181 Å². The van der Waals surface area contributed by atoms with E-state index in [0.717, 1.165) is 67.5 Å². The summed E-state index contributed by atoms with van der Waals surface area (Å²) in [5, 5.41) is 21.4. The molecule has 1 aromatic carbocycles. The van der Waals surface area contributed by atoms with Crippen molar-refractivity contribution in [1.29, 1.82) is 0 Å². The minimum Gasteiger partial charge on any atom is -0.508 e. The number of hydrogen-bond acceptors (Lipinski definition) is 13. The topological polar surface area (TPSA) is 212 Å². The van der Waals surface area contributed by atoms with E-state index in [9.17, 15) is 29.1 Å². The van der Waals surface area contributed by atoms with Crippen molar-refractivity contribution in [1.82, 2.24) is 26.4 Å². The number of benzene rings is 1. The molecular formula is C72H117N5O12Si2. The number of rotatable bonds is 22. The van der Waals surface area contributed by atoms with E-state index in [-0.39, 0.29) is 96.4 Å². The Kier molecular flexibility index (Phi) is 26.6. The van der Waals surface area contributed by atoms with Gasteiger partial charge in [0.15, 0.2) is 22.4 Å². The van der Waals surface area contributed by atoms with Crippen LogP contribution in [0.5, 0.6) is 5.75 Å². The lowest BCUT2D eigenvalue weighted by Crippen LogP contribution is -2.72. The van der Waals surface area contributed by atoms with Gasteiger partial charge in [-0.25, -0.2) is 5.43 Å². The first-order valence-electron chi connectivity index (χ1n) is 35.3. The monoisotopic (exact) mass is 1300 g/mol. The van der Waals surface area contributed by atoms with Crippen LogP contribution in [0.3, 0.4) is 0 Å². The van der Waals surface area contributed by atoms with E-state index in [4.69, 9.17) is 27.8 Å². The Balaban J connectivity index is 1.14. The first-order valence-corrected chi connectivity index (χ1v) is 40.4. The SMILES string of the molecule is CC[C@H]1C[C@H](C)[C@@]2(NC1=O)O[C@@H](C[C@H](O[Si](CC)(CC)CC)[C@@H](C)CC/C=C/C=C(\C)[C@@H]1C/C=C/C=C/[C@@H]3O[C@@]4(C)CC[C@@H](C(=O)N[C@@H](C(C)C)C(=O)N[C@@H](Cc5cccc(O)c5)C(=O)N5CCC[C@H](N5)C(=O)O1)[C@H](O4)[C@H]3C)[C@H](C)[C@H](O[Si](CC)(CC)CC)[C@@H]2C. The molecule has 0 radical (unpaired) electrons. The highest BCUT2D eigenvalue weighted by atomic mass is 28.4. The maximum atomic E-state index is 14.8. The number of nitrogens with one attached hydrogen (secondary N) is 4. The van der Waals surface area contributed by atoms with Gasteiger partial charge in [0.25, 0.3) is 5.91 Å². The fourth-order valence-electron chi connectivity index (χ4n) is 15.4. The molecule has 0 saturated carbocycles. The van der Waals surface area contributed by atoms with Crippen LogP contribution in [0.25, 0.3) is 0 Å². The number of hydrazine groups is 1. The number of fused-ring (bicyclic) bond motifs is 4. The Morgan fingerprint density at radius 2 is 1.56 bits per heavy atom. The number of cyclic esters (lactones) is 1. The lowest BCUT2D eigenvalue weighted by atomic mass is 9.69. The zero-order valence-corrected chi connectivity index (χ0v) is 60.3. The van der Waals surface area contributed by atoms with Crippen molar-refractivity contribution in [2.75, 3.05) is 6.54 Å². The minimum atomic E-state index is -2.11. The highest BCUT2D eigenvalue weighted by Crippen LogP contribution is 2.50. The molecule has 6 aliphatic rings. The van der Waals surface area contributed by atoms with Gasteiger partial charge in [-0.05, 0) is 137 Å². The van der Waals surface area contributed by atoms with Gasteiger partial charge in [0.1, 0.15) is 35.7 Å². The molecule has 0 aromatic heterocycles. The summed E-state index contributed by atoms with van der Waals surface area (Å²) in [6.45, 7) is 34.9. The van der Waals surface area contributed by atoms with E-state index in [2.05, 4.69) is 110 Å². The zero-order chi connectivity index (χ0) is 66.6. The Morgan fingerprint density at radius 3 is 2.22 bits per heavy atom. The Bertz CT molecular complexity index is 2720. The van der Waals surface area contributed by atoms with Crippen LogP contribution in [-0.4, -0.2) is 129 Å². The molecule has 6 heterocycles. The molecule has 510 valence electrons. The molecule has 19 heteroatoms. The summed E-state index contributed by atoms with van der Waals surface area (Å²) in [4.78, 5) is 72.0.